The molecule has 228 valence electrons. The first-order chi connectivity index (χ1) is 20.3. The van der Waals surface area contributed by atoms with Crippen LogP contribution < -0.4 is 9.47 Å². The lowest BCUT2D eigenvalue weighted by molar-refractivity contribution is -0.201. The van der Waals surface area contributed by atoms with E-state index in [1.165, 1.54) is 0 Å². The monoisotopic (exact) mass is 586 g/mol. The summed E-state index contributed by atoms with van der Waals surface area (Å²) < 4.78 is 32.2. The molecule has 2 aromatic carbocycles. The van der Waals surface area contributed by atoms with Gasteiger partial charge < -0.3 is 23.7 Å². The van der Waals surface area contributed by atoms with Gasteiger partial charge in [-0.05, 0) is 78.1 Å². The van der Waals surface area contributed by atoms with Gasteiger partial charge in [0.05, 0.1) is 14.2 Å². The van der Waals surface area contributed by atoms with Crippen molar-refractivity contribution in [2.75, 3.05) is 14.2 Å². The van der Waals surface area contributed by atoms with E-state index in [0.717, 1.165) is 46.2 Å². The van der Waals surface area contributed by atoms with Gasteiger partial charge in [-0.2, -0.15) is 0 Å². The highest BCUT2D eigenvalue weighted by Crippen LogP contribution is 2.82. The van der Waals surface area contributed by atoms with Gasteiger partial charge in [0.1, 0.15) is 22.7 Å². The molecule has 2 aliphatic heterocycles. The van der Waals surface area contributed by atoms with Gasteiger partial charge in [0, 0.05) is 45.6 Å². The van der Waals surface area contributed by atoms with Gasteiger partial charge in [0.15, 0.2) is 11.2 Å². The molecule has 0 unspecified atom stereocenters. The fraction of sp³-hybridized carbons (Fsp3) is 0.611. The van der Waals surface area contributed by atoms with E-state index in [4.69, 9.17) is 23.7 Å². The number of fused-ring (bicyclic) bond motifs is 20. The Morgan fingerprint density at radius 1 is 0.698 bits per heavy atom. The number of methoxy groups -OCH3 is 2. The minimum Gasteiger partial charge on any atom is -0.496 e. The molecule has 4 aliphatic carbocycles. The lowest BCUT2D eigenvalue weighted by atomic mass is 9.50. The van der Waals surface area contributed by atoms with Crippen LogP contribution in [0.25, 0.3) is 10.8 Å². The average Bonchev–Trinajstić information content (AvgIpc) is 3.75. The topological polar surface area (TPSA) is 80.3 Å². The highest BCUT2D eigenvalue weighted by atomic mass is 16.6. The molecular formula is C36H42O7. The van der Waals surface area contributed by atoms with Crippen molar-refractivity contribution in [2.45, 2.75) is 88.6 Å². The first-order valence-corrected chi connectivity index (χ1v) is 15.8. The standard InChI is InChI=1S/C36H42O7/c1-33(2,3)41-31(37)35-25-17-13-14-18(15-17)26(25)36(43-35,32(38)42-34(4,5)6)28-22-16-21(27(28)35)23-24(22)30(40-8)20-12-10-9-11-19(20)29(23)39-7/h9-14,17-18,21-22,25-28H,15-16H2,1-8H3/t17-,18+,21-,22+,25+,26-,27-,28+,35+,36-. The molecule has 7 nitrogen and oxygen atoms in total. The van der Waals surface area contributed by atoms with E-state index < -0.39 is 22.4 Å². The van der Waals surface area contributed by atoms with Gasteiger partial charge in [-0.1, -0.05) is 36.4 Å². The summed E-state index contributed by atoms with van der Waals surface area (Å²) in [6, 6.07) is 8.17. The highest BCUT2D eigenvalue weighted by molar-refractivity contribution is 5.98. The predicted octanol–water partition coefficient (Wildman–Crippen LogP) is 6.32. The number of carbonyl (C=O) groups is 2. The highest BCUT2D eigenvalue weighted by Gasteiger charge is 2.89. The fourth-order valence-corrected chi connectivity index (χ4v) is 10.7. The molecule has 0 radical (unpaired) electrons. The molecule has 43 heavy (non-hydrogen) atoms. The molecule has 2 aromatic rings. The fourth-order valence-electron chi connectivity index (χ4n) is 10.7. The minimum absolute atomic E-state index is 0.0562. The van der Waals surface area contributed by atoms with Crippen molar-refractivity contribution in [1.82, 2.24) is 0 Å². The number of allylic oxidation sites excluding steroid dienone is 2. The van der Waals surface area contributed by atoms with Crippen LogP contribution in [0.1, 0.15) is 77.3 Å². The molecule has 0 N–H and O–H groups in total. The van der Waals surface area contributed by atoms with Crippen molar-refractivity contribution >= 4 is 22.7 Å². The second kappa shape index (κ2) is 8.35. The van der Waals surface area contributed by atoms with Crippen LogP contribution in [0.15, 0.2) is 36.4 Å². The summed E-state index contributed by atoms with van der Waals surface area (Å²) in [6.07, 6.45) is 6.22. The van der Waals surface area contributed by atoms with Gasteiger partial charge in [-0.25, -0.2) is 9.59 Å². The Balaban J connectivity index is 1.42. The zero-order chi connectivity index (χ0) is 30.4. The van der Waals surface area contributed by atoms with Gasteiger partial charge in [-0.3, -0.25) is 0 Å². The van der Waals surface area contributed by atoms with E-state index in [2.05, 4.69) is 24.3 Å². The maximum Gasteiger partial charge on any atom is 0.339 e. The zero-order valence-corrected chi connectivity index (χ0v) is 26.4. The Bertz CT molecular complexity index is 1500. The number of esters is 2. The maximum absolute atomic E-state index is 14.8. The lowest BCUT2D eigenvalue weighted by Crippen LogP contribution is -2.61. The van der Waals surface area contributed by atoms with Crippen molar-refractivity contribution in [1.29, 1.82) is 0 Å². The Hall–Kier alpha value is -3.06. The average molecular weight is 587 g/mol. The van der Waals surface area contributed by atoms with Crippen LogP contribution in [0.4, 0.5) is 0 Å². The summed E-state index contributed by atoms with van der Waals surface area (Å²) in [5.41, 5.74) is -1.74. The van der Waals surface area contributed by atoms with E-state index >= 15 is 0 Å². The third-order valence-electron chi connectivity index (χ3n) is 11.3. The SMILES string of the molecule is COc1c2c(c(OC)c3ccccc13)[C@@H]1C[C@H]2[C@@H]2[C@H]1[C@]1(C(=O)OC(C)(C)C)O[C@@]2(C(=O)OC(C)(C)C)[C@@H]2[C@H]1[C@H]1C=C[C@@H]2C1. The molecule has 0 spiro atoms. The molecule has 2 saturated heterocycles. The van der Waals surface area contributed by atoms with Crippen LogP contribution >= 0.6 is 0 Å². The number of carbonyl (C=O) groups excluding carboxylic acids is 2. The molecule has 7 heteroatoms. The third kappa shape index (κ3) is 3.20. The first kappa shape index (κ1) is 27.5. The number of rotatable bonds is 4. The quantitative estimate of drug-likeness (QED) is 0.307. The summed E-state index contributed by atoms with van der Waals surface area (Å²) in [6.45, 7) is 11.4. The van der Waals surface area contributed by atoms with Gasteiger partial charge in [-0.15, -0.1) is 0 Å². The van der Waals surface area contributed by atoms with Crippen LogP contribution in [-0.2, 0) is 23.8 Å². The molecule has 10 atom stereocenters. The van der Waals surface area contributed by atoms with Gasteiger partial charge in [0.2, 0.25) is 0 Å². The number of hydrogen-bond donors (Lipinski definition) is 0. The number of ether oxygens (including phenoxy) is 5. The first-order valence-electron chi connectivity index (χ1n) is 15.8. The maximum atomic E-state index is 14.8. The van der Waals surface area contributed by atoms with Crippen LogP contribution in [0.2, 0.25) is 0 Å². The molecule has 2 heterocycles. The third-order valence-corrected chi connectivity index (χ3v) is 11.3. The molecule has 6 aliphatic rings. The summed E-state index contributed by atoms with van der Waals surface area (Å²) in [7, 11) is 3.44. The second-order valence-corrected chi connectivity index (χ2v) is 15.6. The second-order valence-electron chi connectivity index (χ2n) is 15.6. The van der Waals surface area contributed by atoms with Gasteiger partial charge >= 0.3 is 11.9 Å². The molecule has 0 amide bonds. The van der Waals surface area contributed by atoms with E-state index in [-0.39, 0.29) is 59.3 Å². The number of hydrogen-bond acceptors (Lipinski definition) is 7. The molecule has 0 aromatic heterocycles. The van der Waals surface area contributed by atoms with Crippen molar-refractivity contribution in [2.24, 2.45) is 35.5 Å². The van der Waals surface area contributed by atoms with Crippen LogP contribution in [0.5, 0.6) is 11.5 Å². The number of benzene rings is 2. The van der Waals surface area contributed by atoms with Crippen molar-refractivity contribution < 1.29 is 33.3 Å². The Kier molecular flexibility index (Phi) is 5.34. The summed E-state index contributed by atoms with van der Waals surface area (Å²) in [4.78, 5) is 29.5. The van der Waals surface area contributed by atoms with Gasteiger partial charge in [0.25, 0.3) is 0 Å². The van der Waals surface area contributed by atoms with E-state index in [0.29, 0.717) is 0 Å². The lowest BCUT2D eigenvalue weighted by Gasteiger charge is -2.49. The summed E-state index contributed by atoms with van der Waals surface area (Å²) in [5, 5.41) is 1.98. The van der Waals surface area contributed by atoms with Crippen LogP contribution in [-0.4, -0.2) is 48.6 Å². The molecule has 8 rings (SSSR count). The Morgan fingerprint density at radius 3 is 1.49 bits per heavy atom. The van der Waals surface area contributed by atoms with Crippen molar-refractivity contribution in [3.05, 3.63) is 47.5 Å². The summed E-state index contributed by atoms with van der Waals surface area (Å²) in [5.74, 6) is 0.374. The van der Waals surface area contributed by atoms with Crippen molar-refractivity contribution in [3.63, 3.8) is 0 Å². The van der Waals surface area contributed by atoms with E-state index in [1.807, 2.05) is 53.7 Å². The molecule has 4 fully saturated rings. The van der Waals surface area contributed by atoms with Crippen molar-refractivity contribution in [3.8, 4) is 11.5 Å². The zero-order valence-electron chi connectivity index (χ0n) is 26.4. The Labute approximate surface area is 253 Å². The normalized spacial score (nSPS) is 39.2. The Morgan fingerprint density at radius 2 is 1.12 bits per heavy atom. The van der Waals surface area contributed by atoms with Crippen LogP contribution in [0.3, 0.4) is 0 Å². The van der Waals surface area contributed by atoms with Crippen LogP contribution in [0, 0.1) is 35.5 Å². The summed E-state index contributed by atoms with van der Waals surface area (Å²) >= 11 is 0. The smallest absolute Gasteiger partial charge is 0.339 e. The molecule has 6 bridgehead atoms. The van der Waals surface area contributed by atoms with E-state index in [9.17, 15) is 9.59 Å². The predicted molar refractivity (Wildman–Crippen MR) is 160 cm³/mol. The minimum atomic E-state index is -1.26. The molecular weight excluding hydrogens is 544 g/mol. The van der Waals surface area contributed by atoms with E-state index in [1.54, 1.807) is 14.2 Å². The molecule has 2 saturated carbocycles. The largest absolute Gasteiger partial charge is 0.496 e.